The van der Waals surface area contributed by atoms with Crippen LogP contribution >= 0.6 is 0 Å². The van der Waals surface area contributed by atoms with Gasteiger partial charge in [-0.15, -0.1) is 0 Å². The number of hydrogen-bond donors (Lipinski definition) is 0. The van der Waals surface area contributed by atoms with Gasteiger partial charge in [0.2, 0.25) is 5.95 Å². The van der Waals surface area contributed by atoms with E-state index in [1.54, 1.807) is 12.3 Å². The van der Waals surface area contributed by atoms with Crippen molar-refractivity contribution in [3.05, 3.63) is 53.9 Å². The Morgan fingerprint density at radius 1 is 1.12 bits per heavy atom. The second-order valence-corrected chi connectivity index (χ2v) is 6.18. The van der Waals surface area contributed by atoms with Gasteiger partial charge < -0.3 is 14.7 Å². The number of carbonyl (C=O) groups excluding carboxylic acids is 1. The summed E-state index contributed by atoms with van der Waals surface area (Å²) in [4.78, 5) is 27.5. The summed E-state index contributed by atoms with van der Waals surface area (Å²) in [5.74, 6) is 0.554. The number of rotatable bonds is 4. The monoisotopic (exact) mass is 325 g/mol. The van der Waals surface area contributed by atoms with E-state index in [0.717, 1.165) is 26.2 Å². The number of anilines is 1. The molecule has 1 fully saturated rings. The SMILES string of the molecule is CN1CCN(C(=O)c2ccnc(N(C)Cc3ccccc3)n2)CC1. The van der Waals surface area contributed by atoms with Crippen molar-refractivity contribution < 1.29 is 4.79 Å². The highest BCUT2D eigenvalue weighted by atomic mass is 16.2. The maximum absolute atomic E-state index is 12.6. The van der Waals surface area contributed by atoms with Gasteiger partial charge in [0.25, 0.3) is 5.91 Å². The van der Waals surface area contributed by atoms with Gasteiger partial charge in [-0.25, -0.2) is 9.97 Å². The number of nitrogens with zero attached hydrogens (tertiary/aromatic N) is 5. The van der Waals surface area contributed by atoms with Crippen LogP contribution in [0.15, 0.2) is 42.6 Å². The molecule has 1 saturated heterocycles. The fourth-order valence-corrected chi connectivity index (χ4v) is 2.75. The molecular formula is C18H23N5O. The van der Waals surface area contributed by atoms with Gasteiger partial charge >= 0.3 is 0 Å². The Kier molecular flexibility index (Phi) is 5.05. The van der Waals surface area contributed by atoms with Gasteiger partial charge in [-0.1, -0.05) is 30.3 Å². The molecule has 0 saturated carbocycles. The normalized spacial score (nSPS) is 15.3. The van der Waals surface area contributed by atoms with E-state index in [2.05, 4.69) is 34.0 Å². The van der Waals surface area contributed by atoms with Crippen LogP contribution in [0.1, 0.15) is 16.1 Å². The van der Waals surface area contributed by atoms with E-state index in [4.69, 9.17) is 0 Å². The van der Waals surface area contributed by atoms with Gasteiger partial charge in [0.05, 0.1) is 0 Å². The van der Waals surface area contributed by atoms with Crippen molar-refractivity contribution >= 4 is 11.9 Å². The second-order valence-electron chi connectivity index (χ2n) is 6.18. The lowest BCUT2D eigenvalue weighted by molar-refractivity contribution is 0.0658. The molecule has 2 heterocycles. The highest BCUT2D eigenvalue weighted by Gasteiger charge is 2.22. The molecule has 1 amide bonds. The van der Waals surface area contributed by atoms with Gasteiger partial charge in [0, 0.05) is 46.0 Å². The maximum Gasteiger partial charge on any atom is 0.272 e. The summed E-state index contributed by atoms with van der Waals surface area (Å²) in [6, 6.07) is 11.8. The Labute approximate surface area is 142 Å². The molecule has 6 nitrogen and oxygen atoms in total. The summed E-state index contributed by atoms with van der Waals surface area (Å²) in [5, 5.41) is 0. The number of amides is 1. The summed E-state index contributed by atoms with van der Waals surface area (Å²) in [6.45, 7) is 3.99. The summed E-state index contributed by atoms with van der Waals surface area (Å²) in [6.07, 6.45) is 1.66. The van der Waals surface area contributed by atoms with Gasteiger partial charge in [-0.2, -0.15) is 0 Å². The number of carbonyl (C=O) groups is 1. The largest absolute Gasteiger partial charge is 0.340 e. The van der Waals surface area contributed by atoms with Crippen LogP contribution in [-0.4, -0.2) is 65.9 Å². The smallest absolute Gasteiger partial charge is 0.272 e. The molecule has 0 spiro atoms. The Morgan fingerprint density at radius 3 is 2.54 bits per heavy atom. The predicted molar refractivity (Wildman–Crippen MR) is 94.0 cm³/mol. The molecule has 1 aromatic carbocycles. The van der Waals surface area contributed by atoms with Crippen LogP contribution in [0.4, 0.5) is 5.95 Å². The van der Waals surface area contributed by atoms with Gasteiger partial charge in [-0.3, -0.25) is 4.79 Å². The first-order valence-corrected chi connectivity index (χ1v) is 8.19. The third-order valence-corrected chi connectivity index (χ3v) is 4.26. The third kappa shape index (κ3) is 3.89. The lowest BCUT2D eigenvalue weighted by Gasteiger charge is -2.32. The molecule has 1 aromatic heterocycles. The van der Waals surface area contributed by atoms with E-state index in [1.807, 2.05) is 35.0 Å². The van der Waals surface area contributed by atoms with Crippen LogP contribution < -0.4 is 4.90 Å². The zero-order valence-corrected chi connectivity index (χ0v) is 14.2. The molecule has 0 bridgehead atoms. The molecule has 1 aliphatic heterocycles. The molecule has 24 heavy (non-hydrogen) atoms. The van der Waals surface area contributed by atoms with E-state index in [0.29, 0.717) is 18.2 Å². The predicted octanol–water partition coefficient (Wildman–Crippen LogP) is 1.50. The molecule has 0 unspecified atom stereocenters. The average Bonchev–Trinajstić information content (AvgIpc) is 2.63. The summed E-state index contributed by atoms with van der Waals surface area (Å²) >= 11 is 0. The van der Waals surface area contributed by atoms with E-state index in [9.17, 15) is 4.79 Å². The quantitative estimate of drug-likeness (QED) is 0.853. The van der Waals surface area contributed by atoms with E-state index >= 15 is 0 Å². The maximum atomic E-state index is 12.6. The minimum atomic E-state index is -0.0140. The van der Waals surface area contributed by atoms with Crippen LogP contribution in [0, 0.1) is 0 Å². The number of aromatic nitrogens is 2. The van der Waals surface area contributed by atoms with Crippen LogP contribution in [0.2, 0.25) is 0 Å². The first-order valence-electron chi connectivity index (χ1n) is 8.19. The Morgan fingerprint density at radius 2 is 1.83 bits per heavy atom. The molecule has 0 atom stereocenters. The van der Waals surface area contributed by atoms with E-state index in [1.165, 1.54) is 5.56 Å². The fraction of sp³-hybridized carbons (Fsp3) is 0.389. The van der Waals surface area contributed by atoms with Crippen molar-refractivity contribution in [3.63, 3.8) is 0 Å². The number of hydrogen-bond acceptors (Lipinski definition) is 5. The van der Waals surface area contributed by atoms with Crippen LogP contribution in [-0.2, 0) is 6.54 Å². The fourth-order valence-electron chi connectivity index (χ4n) is 2.75. The molecular weight excluding hydrogens is 302 g/mol. The van der Waals surface area contributed by atoms with Crippen molar-refractivity contribution in [2.75, 3.05) is 45.2 Å². The van der Waals surface area contributed by atoms with E-state index in [-0.39, 0.29) is 5.91 Å². The zero-order valence-electron chi connectivity index (χ0n) is 14.2. The standard InChI is InChI=1S/C18H23N5O/c1-21-10-12-23(13-11-21)17(24)16-8-9-19-18(20-16)22(2)14-15-6-4-3-5-7-15/h3-9H,10-14H2,1-2H3. The van der Waals surface area contributed by atoms with Crippen LogP contribution in [0.25, 0.3) is 0 Å². The summed E-state index contributed by atoms with van der Waals surface area (Å²) in [7, 11) is 4.01. The number of likely N-dealkylation sites (N-methyl/N-ethyl adjacent to an activating group) is 1. The molecule has 6 heteroatoms. The number of benzene rings is 1. The van der Waals surface area contributed by atoms with Crippen molar-refractivity contribution in [2.24, 2.45) is 0 Å². The third-order valence-electron chi connectivity index (χ3n) is 4.26. The van der Waals surface area contributed by atoms with Crippen molar-refractivity contribution in [2.45, 2.75) is 6.54 Å². The van der Waals surface area contributed by atoms with Crippen molar-refractivity contribution in [1.82, 2.24) is 19.8 Å². The highest BCUT2D eigenvalue weighted by molar-refractivity contribution is 5.92. The highest BCUT2D eigenvalue weighted by Crippen LogP contribution is 2.12. The molecule has 1 aliphatic rings. The molecule has 0 aliphatic carbocycles. The van der Waals surface area contributed by atoms with Gasteiger partial charge in [0.15, 0.2) is 0 Å². The summed E-state index contributed by atoms with van der Waals surface area (Å²) in [5.41, 5.74) is 1.64. The average molecular weight is 325 g/mol. The first kappa shape index (κ1) is 16.4. The zero-order chi connectivity index (χ0) is 16.9. The molecule has 0 radical (unpaired) electrons. The first-order chi connectivity index (χ1) is 11.6. The van der Waals surface area contributed by atoms with Gasteiger partial charge in [0.1, 0.15) is 5.69 Å². The van der Waals surface area contributed by atoms with Crippen molar-refractivity contribution in [3.8, 4) is 0 Å². The molecule has 2 aromatic rings. The minimum Gasteiger partial charge on any atom is -0.340 e. The lowest BCUT2D eigenvalue weighted by Crippen LogP contribution is -2.47. The Hall–Kier alpha value is -2.47. The van der Waals surface area contributed by atoms with Gasteiger partial charge in [-0.05, 0) is 18.7 Å². The van der Waals surface area contributed by atoms with Crippen LogP contribution in [0.5, 0.6) is 0 Å². The minimum absolute atomic E-state index is 0.0140. The molecule has 0 N–H and O–H groups in total. The Balaban J connectivity index is 1.70. The Bertz CT molecular complexity index is 683. The lowest BCUT2D eigenvalue weighted by atomic mass is 10.2. The molecule has 3 rings (SSSR count). The molecule has 126 valence electrons. The summed E-state index contributed by atoms with van der Waals surface area (Å²) < 4.78 is 0. The van der Waals surface area contributed by atoms with Crippen LogP contribution in [0.3, 0.4) is 0 Å². The van der Waals surface area contributed by atoms with E-state index < -0.39 is 0 Å². The van der Waals surface area contributed by atoms with Crippen molar-refractivity contribution in [1.29, 1.82) is 0 Å². The number of piperazine rings is 1. The second kappa shape index (κ2) is 7.40. The topological polar surface area (TPSA) is 52.6 Å².